The molecule has 0 radical (unpaired) electrons. The van der Waals surface area contributed by atoms with Crippen molar-refractivity contribution in [2.24, 2.45) is 17.9 Å². The number of hydrogen-bond donors (Lipinski definition) is 0. The standard InChI is InChI=1S/C21H17N3O2/c1-22-18(25)23-16-8-9-17(24(23)19(22)26)21-11-10-20(16,21)14-6-7-15(21)13-5-3-2-4-12(13)14/h2-11,14-17H,1H3/t14-,15-,16-,17-,20-,21-/m0/s1. The summed E-state index contributed by atoms with van der Waals surface area (Å²) in [4.78, 5) is 25.7. The Labute approximate surface area is 149 Å². The molecule has 5 heteroatoms. The Hall–Kier alpha value is -2.82. The number of hydrogen-bond acceptors (Lipinski definition) is 2. The summed E-state index contributed by atoms with van der Waals surface area (Å²) in [5.41, 5.74) is 2.01. The largest absolute Gasteiger partial charge is 0.347 e. The van der Waals surface area contributed by atoms with Gasteiger partial charge in [-0.1, -0.05) is 60.7 Å². The highest BCUT2D eigenvalue weighted by Crippen LogP contribution is 2.80. The minimum atomic E-state index is -0.212. The van der Waals surface area contributed by atoms with E-state index in [0.717, 1.165) is 0 Å². The summed E-state index contributed by atoms with van der Waals surface area (Å²) >= 11 is 0. The van der Waals surface area contributed by atoms with Crippen LogP contribution >= 0.6 is 0 Å². The van der Waals surface area contributed by atoms with Crippen molar-refractivity contribution in [3.63, 3.8) is 0 Å². The fourth-order valence-corrected chi connectivity index (χ4v) is 6.81. The zero-order valence-corrected chi connectivity index (χ0v) is 14.2. The average molecular weight is 343 g/mol. The van der Waals surface area contributed by atoms with Crippen molar-refractivity contribution in [3.8, 4) is 0 Å². The van der Waals surface area contributed by atoms with Crippen LogP contribution in [0.2, 0.25) is 0 Å². The van der Waals surface area contributed by atoms with Crippen molar-refractivity contribution in [1.29, 1.82) is 0 Å². The minimum Gasteiger partial charge on any atom is -0.246 e. The van der Waals surface area contributed by atoms with Crippen molar-refractivity contribution in [3.05, 3.63) is 92.8 Å². The molecule has 1 aromatic carbocycles. The van der Waals surface area contributed by atoms with Gasteiger partial charge in [0, 0.05) is 29.7 Å². The lowest BCUT2D eigenvalue weighted by Gasteiger charge is -2.72. The third-order valence-electron chi connectivity index (χ3n) is 7.76. The van der Waals surface area contributed by atoms with Crippen LogP contribution in [-0.2, 0) is 7.05 Å². The third kappa shape index (κ3) is 0.972. The Morgan fingerprint density at radius 3 is 1.65 bits per heavy atom. The monoisotopic (exact) mass is 343 g/mol. The zero-order valence-electron chi connectivity index (χ0n) is 14.2. The molecule has 2 aliphatic heterocycles. The molecule has 9 rings (SSSR count). The topological polar surface area (TPSA) is 48.9 Å². The van der Waals surface area contributed by atoms with Gasteiger partial charge in [-0.3, -0.25) is 0 Å². The van der Waals surface area contributed by atoms with Gasteiger partial charge < -0.3 is 0 Å². The Bertz CT molecular complexity index is 1150. The quantitative estimate of drug-likeness (QED) is 0.687. The highest BCUT2D eigenvalue weighted by molar-refractivity contribution is 5.60. The van der Waals surface area contributed by atoms with Crippen LogP contribution < -0.4 is 11.4 Å². The molecule has 0 unspecified atom stereocenters. The van der Waals surface area contributed by atoms with Gasteiger partial charge in [0.05, 0.1) is 12.1 Å². The fourth-order valence-electron chi connectivity index (χ4n) is 6.81. The molecule has 6 atom stereocenters. The Morgan fingerprint density at radius 2 is 1.23 bits per heavy atom. The molecule has 7 aliphatic rings. The van der Waals surface area contributed by atoms with E-state index in [1.807, 2.05) is 0 Å². The molecule has 128 valence electrons. The van der Waals surface area contributed by atoms with Crippen LogP contribution in [0.15, 0.2) is 70.3 Å². The normalized spacial score (nSPS) is 41.4. The molecule has 0 saturated heterocycles. The van der Waals surface area contributed by atoms with E-state index in [1.165, 1.54) is 15.7 Å². The first-order valence-corrected chi connectivity index (χ1v) is 9.19. The molecule has 0 amide bonds. The second-order valence-corrected chi connectivity index (χ2v) is 8.26. The van der Waals surface area contributed by atoms with Gasteiger partial charge in [-0.15, -0.1) is 0 Å². The maximum atomic E-state index is 12.9. The van der Waals surface area contributed by atoms with Gasteiger partial charge in [0.2, 0.25) is 0 Å². The second-order valence-electron chi connectivity index (χ2n) is 8.26. The predicted molar refractivity (Wildman–Crippen MR) is 96.2 cm³/mol. The third-order valence-corrected chi connectivity index (χ3v) is 7.76. The van der Waals surface area contributed by atoms with Crippen LogP contribution in [-0.4, -0.2) is 13.9 Å². The van der Waals surface area contributed by atoms with Crippen molar-refractivity contribution in [1.82, 2.24) is 13.9 Å². The molecule has 3 heterocycles. The summed E-state index contributed by atoms with van der Waals surface area (Å²) in [5.74, 6) is 0.476. The van der Waals surface area contributed by atoms with Gasteiger partial charge in [-0.25, -0.2) is 23.5 Å². The molecular formula is C21H17N3O2. The van der Waals surface area contributed by atoms with Crippen LogP contribution in [0.25, 0.3) is 0 Å². The van der Waals surface area contributed by atoms with Gasteiger partial charge in [0.15, 0.2) is 0 Å². The van der Waals surface area contributed by atoms with Crippen LogP contribution in [0.5, 0.6) is 0 Å². The second kappa shape index (κ2) is 3.65. The summed E-state index contributed by atoms with van der Waals surface area (Å²) in [7, 11) is 1.58. The lowest BCUT2D eigenvalue weighted by molar-refractivity contribution is -0.0843. The first-order valence-electron chi connectivity index (χ1n) is 9.19. The van der Waals surface area contributed by atoms with E-state index in [9.17, 15) is 9.59 Å². The molecule has 4 bridgehead atoms. The van der Waals surface area contributed by atoms with E-state index in [0.29, 0.717) is 0 Å². The maximum absolute atomic E-state index is 12.9. The molecule has 0 fully saturated rings. The molecule has 26 heavy (non-hydrogen) atoms. The SMILES string of the molecule is Cn1c(=O)n2n(c1=O)[C@H]1C=C[C@H]2[C@@]23C=C[C@]12[C@H]1C=C[C@H]3c2ccccc21. The molecule has 5 nitrogen and oxygen atoms in total. The highest BCUT2D eigenvalue weighted by Gasteiger charge is 2.75. The summed E-state index contributed by atoms with van der Waals surface area (Å²) in [6.45, 7) is 0. The molecule has 5 aliphatic carbocycles. The van der Waals surface area contributed by atoms with Crippen molar-refractivity contribution < 1.29 is 0 Å². The van der Waals surface area contributed by atoms with E-state index < -0.39 is 0 Å². The molecular weight excluding hydrogens is 326 g/mol. The highest BCUT2D eigenvalue weighted by atomic mass is 16.2. The number of benzene rings is 1. The first-order chi connectivity index (χ1) is 12.6. The van der Waals surface area contributed by atoms with E-state index in [4.69, 9.17) is 0 Å². The predicted octanol–water partition coefficient (Wildman–Crippen LogP) is 2.01. The first kappa shape index (κ1) is 13.4. The van der Waals surface area contributed by atoms with Crippen molar-refractivity contribution >= 4 is 0 Å². The number of rotatable bonds is 0. The summed E-state index contributed by atoms with van der Waals surface area (Å²) < 4.78 is 4.68. The summed E-state index contributed by atoms with van der Waals surface area (Å²) in [5, 5.41) is 0. The summed E-state index contributed by atoms with van der Waals surface area (Å²) in [6, 6.07) is 8.43. The Morgan fingerprint density at radius 1 is 0.769 bits per heavy atom. The Balaban J connectivity index is 1.64. The molecule has 1 aromatic heterocycles. The van der Waals surface area contributed by atoms with Crippen molar-refractivity contribution in [2.75, 3.05) is 0 Å². The van der Waals surface area contributed by atoms with Gasteiger partial charge in [0.1, 0.15) is 0 Å². The number of aromatic nitrogens is 3. The van der Waals surface area contributed by atoms with E-state index >= 15 is 0 Å². The summed E-state index contributed by atoms with van der Waals surface area (Å²) in [6.07, 6.45) is 13.6. The fraction of sp³-hybridized carbons (Fsp3) is 0.333. The van der Waals surface area contributed by atoms with Gasteiger partial charge in [-0.05, 0) is 11.1 Å². The minimum absolute atomic E-state index is 0.121. The van der Waals surface area contributed by atoms with E-state index in [1.54, 1.807) is 16.4 Å². The van der Waals surface area contributed by atoms with Crippen LogP contribution in [0.3, 0.4) is 0 Å². The lowest BCUT2D eigenvalue weighted by Crippen LogP contribution is -2.70. The Kier molecular flexibility index (Phi) is 1.88. The van der Waals surface area contributed by atoms with Crippen LogP contribution in [0, 0.1) is 10.8 Å². The number of nitrogens with zero attached hydrogens (tertiary/aromatic N) is 3. The van der Waals surface area contributed by atoms with Crippen molar-refractivity contribution in [2.45, 2.75) is 23.9 Å². The van der Waals surface area contributed by atoms with Gasteiger partial charge in [0.25, 0.3) is 0 Å². The molecule has 0 saturated carbocycles. The van der Waals surface area contributed by atoms with Gasteiger partial charge in [-0.2, -0.15) is 0 Å². The van der Waals surface area contributed by atoms with E-state index in [2.05, 4.69) is 60.7 Å². The molecule has 2 aromatic rings. The molecule has 0 N–H and O–H groups in total. The zero-order chi connectivity index (χ0) is 17.4. The smallest absolute Gasteiger partial charge is 0.246 e. The van der Waals surface area contributed by atoms with Crippen LogP contribution in [0.1, 0.15) is 35.0 Å². The van der Waals surface area contributed by atoms with E-state index in [-0.39, 0.29) is 46.1 Å². The lowest BCUT2D eigenvalue weighted by atomic mass is 9.33. The van der Waals surface area contributed by atoms with Crippen LogP contribution in [0.4, 0.5) is 0 Å². The maximum Gasteiger partial charge on any atom is 0.347 e. The average Bonchev–Trinajstić information content (AvgIpc) is 2.89. The number of allylic oxidation sites excluding steroid dienone is 6. The van der Waals surface area contributed by atoms with Gasteiger partial charge >= 0.3 is 11.4 Å². The molecule has 0 spiro atoms.